The summed E-state index contributed by atoms with van der Waals surface area (Å²) in [5, 5.41) is 0. The molecule has 1 rings (SSSR count). The molecule has 14 heavy (non-hydrogen) atoms. The molecule has 5 heteroatoms. The monoisotopic (exact) mass is 205 g/mol. The second-order valence-corrected chi connectivity index (χ2v) is 2.71. The SMILES string of the molecule is CONC(c1ccccc1)C(F)(F)F. The Balaban J connectivity index is 2.89. The first-order chi connectivity index (χ1) is 6.55. The van der Waals surface area contributed by atoms with Crippen molar-refractivity contribution in [2.75, 3.05) is 7.11 Å². The predicted octanol–water partition coefficient (Wildman–Crippen LogP) is 2.44. The molecular formula is C9H10F3NO. The molecule has 78 valence electrons. The molecule has 0 aliphatic heterocycles. The molecule has 0 fully saturated rings. The van der Waals surface area contributed by atoms with E-state index in [9.17, 15) is 13.2 Å². The Hall–Kier alpha value is -1.07. The van der Waals surface area contributed by atoms with Gasteiger partial charge < -0.3 is 4.84 Å². The van der Waals surface area contributed by atoms with Gasteiger partial charge in [0.2, 0.25) is 0 Å². The maximum atomic E-state index is 12.5. The third-order valence-corrected chi connectivity index (χ3v) is 1.70. The minimum atomic E-state index is -4.36. The number of hydrogen-bond acceptors (Lipinski definition) is 2. The second-order valence-electron chi connectivity index (χ2n) is 2.71. The van der Waals surface area contributed by atoms with Crippen LogP contribution in [0, 0.1) is 0 Å². The van der Waals surface area contributed by atoms with Gasteiger partial charge in [-0.2, -0.15) is 18.7 Å². The lowest BCUT2D eigenvalue weighted by molar-refractivity contribution is -0.183. The molecule has 1 unspecified atom stereocenters. The van der Waals surface area contributed by atoms with E-state index in [1.165, 1.54) is 12.1 Å². The molecule has 0 aliphatic rings. The van der Waals surface area contributed by atoms with Gasteiger partial charge in [-0.15, -0.1) is 0 Å². The van der Waals surface area contributed by atoms with Crippen molar-refractivity contribution in [3.8, 4) is 0 Å². The lowest BCUT2D eigenvalue weighted by Gasteiger charge is -2.20. The van der Waals surface area contributed by atoms with E-state index < -0.39 is 12.2 Å². The van der Waals surface area contributed by atoms with Crippen LogP contribution in [0.25, 0.3) is 0 Å². The van der Waals surface area contributed by atoms with Crippen LogP contribution in [0.4, 0.5) is 13.2 Å². The normalized spacial score (nSPS) is 14.0. The summed E-state index contributed by atoms with van der Waals surface area (Å²) in [5.74, 6) is 0. The maximum Gasteiger partial charge on any atom is 0.410 e. The third-order valence-electron chi connectivity index (χ3n) is 1.70. The van der Waals surface area contributed by atoms with Crippen LogP contribution in [0.3, 0.4) is 0 Å². The molecule has 1 atom stereocenters. The topological polar surface area (TPSA) is 21.3 Å². The van der Waals surface area contributed by atoms with Gasteiger partial charge in [0.15, 0.2) is 6.04 Å². The first kappa shape index (κ1) is 11.0. The van der Waals surface area contributed by atoms with E-state index in [0.29, 0.717) is 0 Å². The molecular weight excluding hydrogens is 195 g/mol. The highest BCUT2D eigenvalue weighted by Gasteiger charge is 2.40. The van der Waals surface area contributed by atoms with Crippen LogP contribution >= 0.6 is 0 Å². The number of rotatable bonds is 3. The number of halogens is 3. The number of nitrogens with one attached hydrogen (secondary N) is 1. The van der Waals surface area contributed by atoms with Gasteiger partial charge in [0.05, 0.1) is 7.11 Å². The number of hydrogen-bond donors (Lipinski definition) is 1. The van der Waals surface area contributed by atoms with Crippen LogP contribution in [0.5, 0.6) is 0 Å². The van der Waals surface area contributed by atoms with E-state index in [-0.39, 0.29) is 5.56 Å². The second kappa shape index (κ2) is 4.43. The van der Waals surface area contributed by atoms with Crippen molar-refractivity contribution in [2.45, 2.75) is 12.2 Å². The van der Waals surface area contributed by atoms with Crippen LogP contribution in [0.1, 0.15) is 11.6 Å². The average molecular weight is 205 g/mol. The Kier molecular flexibility index (Phi) is 3.49. The van der Waals surface area contributed by atoms with Crippen LogP contribution < -0.4 is 5.48 Å². The molecule has 0 radical (unpaired) electrons. The van der Waals surface area contributed by atoms with Crippen molar-refractivity contribution >= 4 is 0 Å². The largest absolute Gasteiger partial charge is 0.410 e. The molecule has 0 heterocycles. The molecule has 0 saturated heterocycles. The fourth-order valence-corrected chi connectivity index (χ4v) is 1.09. The highest BCUT2D eigenvalue weighted by Crippen LogP contribution is 2.32. The van der Waals surface area contributed by atoms with Gasteiger partial charge in [-0.3, -0.25) is 0 Å². The minimum Gasteiger partial charge on any atom is -0.304 e. The molecule has 0 bridgehead atoms. The van der Waals surface area contributed by atoms with Crippen molar-refractivity contribution < 1.29 is 18.0 Å². The molecule has 0 aliphatic carbocycles. The Labute approximate surface area is 79.6 Å². The van der Waals surface area contributed by atoms with Gasteiger partial charge in [0.1, 0.15) is 0 Å². The molecule has 1 aromatic carbocycles. The molecule has 0 saturated carbocycles. The van der Waals surface area contributed by atoms with E-state index >= 15 is 0 Å². The molecule has 0 amide bonds. The Morgan fingerprint density at radius 3 is 2.21 bits per heavy atom. The van der Waals surface area contributed by atoms with Gasteiger partial charge in [-0.1, -0.05) is 30.3 Å². The zero-order valence-electron chi connectivity index (χ0n) is 7.51. The summed E-state index contributed by atoms with van der Waals surface area (Å²) in [7, 11) is 1.15. The van der Waals surface area contributed by atoms with Gasteiger partial charge in [-0.25, -0.2) is 0 Å². The van der Waals surface area contributed by atoms with Crippen LogP contribution in [-0.2, 0) is 4.84 Å². The smallest absolute Gasteiger partial charge is 0.304 e. The zero-order valence-corrected chi connectivity index (χ0v) is 7.51. The van der Waals surface area contributed by atoms with Crippen LogP contribution in [-0.4, -0.2) is 13.3 Å². The predicted molar refractivity (Wildman–Crippen MR) is 45.4 cm³/mol. The molecule has 1 N–H and O–H groups in total. The van der Waals surface area contributed by atoms with Gasteiger partial charge in [-0.05, 0) is 5.56 Å². The number of benzene rings is 1. The lowest BCUT2D eigenvalue weighted by atomic mass is 10.1. The summed E-state index contributed by atoms with van der Waals surface area (Å²) >= 11 is 0. The van der Waals surface area contributed by atoms with Crippen molar-refractivity contribution in [2.24, 2.45) is 0 Å². The van der Waals surface area contributed by atoms with Gasteiger partial charge in [0, 0.05) is 0 Å². The highest BCUT2D eigenvalue weighted by molar-refractivity contribution is 5.19. The number of hydroxylamine groups is 1. The first-order valence-electron chi connectivity index (χ1n) is 3.96. The van der Waals surface area contributed by atoms with E-state index in [1.807, 2.05) is 5.48 Å². The quantitative estimate of drug-likeness (QED) is 0.765. The van der Waals surface area contributed by atoms with Crippen molar-refractivity contribution in [1.29, 1.82) is 0 Å². The van der Waals surface area contributed by atoms with Crippen LogP contribution in [0.2, 0.25) is 0 Å². The average Bonchev–Trinajstić information content (AvgIpc) is 2.14. The zero-order chi connectivity index (χ0) is 10.6. The molecule has 1 aromatic rings. The summed E-state index contributed by atoms with van der Waals surface area (Å²) in [6.45, 7) is 0. The number of alkyl halides is 3. The Morgan fingerprint density at radius 1 is 1.21 bits per heavy atom. The summed E-state index contributed by atoms with van der Waals surface area (Å²) in [5.41, 5.74) is 2.04. The Bertz CT molecular complexity index is 273. The maximum absolute atomic E-state index is 12.5. The Morgan fingerprint density at radius 2 is 1.79 bits per heavy atom. The summed E-state index contributed by atoms with van der Waals surface area (Å²) in [4.78, 5) is 4.31. The van der Waals surface area contributed by atoms with Crippen molar-refractivity contribution in [3.63, 3.8) is 0 Å². The summed E-state index contributed by atoms with van der Waals surface area (Å²) in [6, 6.07) is 5.75. The standard InChI is InChI=1S/C9H10F3NO/c1-14-13-8(9(10,11)12)7-5-3-2-4-6-7/h2-6,8,13H,1H3. The van der Waals surface area contributed by atoms with Gasteiger partial charge in [0.25, 0.3) is 0 Å². The van der Waals surface area contributed by atoms with E-state index in [2.05, 4.69) is 4.84 Å². The first-order valence-corrected chi connectivity index (χ1v) is 3.96. The summed E-state index contributed by atoms with van der Waals surface area (Å²) in [6.07, 6.45) is -4.36. The minimum absolute atomic E-state index is 0.127. The molecule has 0 spiro atoms. The van der Waals surface area contributed by atoms with E-state index in [4.69, 9.17) is 0 Å². The summed E-state index contributed by atoms with van der Waals surface area (Å²) < 4.78 is 37.4. The molecule has 2 nitrogen and oxygen atoms in total. The van der Waals surface area contributed by atoms with Crippen LogP contribution in [0.15, 0.2) is 30.3 Å². The fourth-order valence-electron chi connectivity index (χ4n) is 1.09. The van der Waals surface area contributed by atoms with E-state index in [1.54, 1.807) is 18.2 Å². The van der Waals surface area contributed by atoms with Crippen molar-refractivity contribution in [3.05, 3.63) is 35.9 Å². The fraction of sp³-hybridized carbons (Fsp3) is 0.333. The van der Waals surface area contributed by atoms with Crippen molar-refractivity contribution in [1.82, 2.24) is 5.48 Å². The molecule has 0 aromatic heterocycles. The highest BCUT2D eigenvalue weighted by atomic mass is 19.4. The van der Waals surface area contributed by atoms with Gasteiger partial charge >= 0.3 is 6.18 Å². The third kappa shape index (κ3) is 2.71. The van der Waals surface area contributed by atoms with E-state index in [0.717, 1.165) is 7.11 Å². The lowest BCUT2D eigenvalue weighted by Crippen LogP contribution is -2.33.